The lowest BCUT2D eigenvalue weighted by Crippen LogP contribution is -2.43. The van der Waals surface area contributed by atoms with Crippen molar-refractivity contribution in [1.29, 1.82) is 0 Å². The van der Waals surface area contributed by atoms with Gasteiger partial charge in [0.1, 0.15) is 17.3 Å². The van der Waals surface area contributed by atoms with E-state index in [2.05, 4.69) is 15.2 Å². The first-order valence-electron chi connectivity index (χ1n) is 12.7. The SMILES string of the molecule is COc1ccc2ncc(Cl)c([C@H](O)CCC3(CC(=O)O)CCN(CCNc4c(F)cc(F)cc4F)CC3)c2c1. The number of rotatable bonds is 11. The summed E-state index contributed by atoms with van der Waals surface area (Å²) in [5.74, 6) is -3.27. The van der Waals surface area contributed by atoms with Crippen LogP contribution in [0, 0.1) is 22.9 Å². The number of nitrogens with one attached hydrogen (secondary N) is 1. The topological polar surface area (TPSA) is 94.9 Å². The molecule has 0 spiro atoms. The summed E-state index contributed by atoms with van der Waals surface area (Å²) in [5.41, 5.74) is 0.313. The van der Waals surface area contributed by atoms with Gasteiger partial charge in [-0.3, -0.25) is 9.78 Å². The van der Waals surface area contributed by atoms with Crippen molar-refractivity contribution in [2.24, 2.45) is 5.41 Å². The number of aliphatic hydroxyl groups excluding tert-OH is 1. The molecule has 1 aliphatic heterocycles. The van der Waals surface area contributed by atoms with Gasteiger partial charge in [-0.15, -0.1) is 0 Å². The van der Waals surface area contributed by atoms with Gasteiger partial charge in [0.25, 0.3) is 0 Å². The Labute approximate surface area is 229 Å². The van der Waals surface area contributed by atoms with Crippen molar-refractivity contribution in [3.05, 3.63) is 64.6 Å². The number of carboxylic acid groups (broad SMARTS) is 1. The van der Waals surface area contributed by atoms with Gasteiger partial charge in [0.05, 0.1) is 30.2 Å². The van der Waals surface area contributed by atoms with Crippen molar-refractivity contribution in [3.63, 3.8) is 0 Å². The molecule has 0 unspecified atom stereocenters. The number of pyridine rings is 1. The van der Waals surface area contributed by atoms with Crippen LogP contribution in [0.25, 0.3) is 10.9 Å². The molecule has 7 nitrogen and oxygen atoms in total. The fourth-order valence-electron chi connectivity index (χ4n) is 5.36. The molecule has 1 saturated heterocycles. The van der Waals surface area contributed by atoms with Crippen molar-refractivity contribution < 1.29 is 32.9 Å². The first-order chi connectivity index (χ1) is 18.6. The number of piperidine rings is 1. The number of methoxy groups -OCH3 is 1. The largest absolute Gasteiger partial charge is 0.497 e. The molecule has 0 saturated carbocycles. The van der Waals surface area contributed by atoms with E-state index in [0.717, 1.165) is 0 Å². The van der Waals surface area contributed by atoms with Crippen LogP contribution < -0.4 is 10.1 Å². The number of fused-ring (bicyclic) bond motifs is 1. The van der Waals surface area contributed by atoms with Gasteiger partial charge in [0, 0.05) is 42.4 Å². The summed E-state index contributed by atoms with van der Waals surface area (Å²) < 4.78 is 46.2. The summed E-state index contributed by atoms with van der Waals surface area (Å²) in [5, 5.41) is 24.5. The van der Waals surface area contributed by atoms with Crippen molar-refractivity contribution in [2.45, 2.75) is 38.2 Å². The molecule has 4 rings (SSSR count). The molecule has 2 aromatic carbocycles. The van der Waals surface area contributed by atoms with Gasteiger partial charge in [-0.05, 0) is 62.4 Å². The van der Waals surface area contributed by atoms with E-state index in [4.69, 9.17) is 16.3 Å². The molecular weight excluding hydrogens is 535 g/mol. The first kappa shape index (κ1) is 28.9. The lowest BCUT2D eigenvalue weighted by molar-refractivity contribution is -0.141. The van der Waals surface area contributed by atoms with Gasteiger partial charge >= 0.3 is 5.97 Å². The number of hydrogen-bond acceptors (Lipinski definition) is 6. The minimum absolute atomic E-state index is 0.0313. The third kappa shape index (κ3) is 6.93. The van der Waals surface area contributed by atoms with Crippen LogP contribution in [0.5, 0.6) is 5.75 Å². The second-order valence-corrected chi connectivity index (χ2v) is 10.4. The number of hydrogen-bond donors (Lipinski definition) is 3. The summed E-state index contributed by atoms with van der Waals surface area (Å²) >= 11 is 6.44. The van der Waals surface area contributed by atoms with Crippen LogP contribution in [0.15, 0.2) is 36.5 Å². The number of likely N-dealkylation sites (tertiary alicyclic amines) is 1. The summed E-state index contributed by atoms with van der Waals surface area (Å²) in [6.45, 7) is 1.90. The Bertz CT molecular complexity index is 1310. The molecular formula is C28H31ClF3N3O4. The Hall–Kier alpha value is -3.08. The highest BCUT2D eigenvalue weighted by Crippen LogP contribution is 2.43. The van der Waals surface area contributed by atoms with Crippen molar-refractivity contribution >= 4 is 34.2 Å². The smallest absolute Gasteiger partial charge is 0.303 e. The highest BCUT2D eigenvalue weighted by atomic mass is 35.5. The molecule has 1 aromatic heterocycles. The number of aromatic nitrogens is 1. The molecule has 210 valence electrons. The zero-order valence-corrected chi connectivity index (χ0v) is 22.3. The summed E-state index contributed by atoms with van der Waals surface area (Å²) in [6, 6.07) is 6.59. The molecule has 1 fully saturated rings. The van der Waals surface area contributed by atoms with Gasteiger partial charge in [0.2, 0.25) is 0 Å². The fourth-order valence-corrected chi connectivity index (χ4v) is 5.63. The minimum atomic E-state index is -0.995. The van der Waals surface area contributed by atoms with E-state index in [1.54, 1.807) is 25.3 Å². The lowest BCUT2D eigenvalue weighted by Gasteiger charge is -2.41. The first-order valence-corrected chi connectivity index (χ1v) is 13.1. The number of aliphatic carboxylic acids is 1. The number of halogens is 4. The summed E-state index contributed by atoms with van der Waals surface area (Å²) in [6.07, 6.45) is 2.50. The molecule has 3 aromatic rings. The standard InChI is InChI=1S/C28H31ClF3N3O4/c1-39-18-2-3-23-19(14-18)26(20(29)16-34-23)24(36)4-5-28(15-25(37)38)6-9-35(10-7-28)11-8-33-27-21(31)12-17(30)13-22(27)32/h2-3,12-14,16,24,33,36H,4-11,15H2,1H3,(H,37,38)/t24-/m1/s1. The van der Waals surface area contributed by atoms with Crippen LogP contribution >= 0.6 is 11.6 Å². The van der Waals surface area contributed by atoms with E-state index in [9.17, 15) is 28.2 Å². The molecule has 11 heteroatoms. The molecule has 1 aliphatic rings. The normalized spacial score (nSPS) is 16.3. The second kappa shape index (κ2) is 12.4. The number of anilines is 1. The van der Waals surface area contributed by atoms with Crippen LogP contribution in [0.4, 0.5) is 18.9 Å². The van der Waals surface area contributed by atoms with Gasteiger partial charge in [-0.1, -0.05) is 11.6 Å². The van der Waals surface area contributed by atoms with Gasteiger partial charge in [0.15, 0.2) is 11.6 Å². The van der Waals surface area contributed by atoms with Gasteiger partial charge < -0.3 is 25.2 Å². The quantitative estimate of drug-likeness (QED) is 0.271. The van der Waals surface area contributed by atoms with Crippen LogP contribution in [0.2, 0.25) is 5.02 Å². The average molecular weight is 566 g/mol. The van der Waals surface area contributed by atoms with E-state index in [0.29, 0.717) is 84.7 Å². The Balaban J connectivity index is 1.39. The molecule has 0 radical (unpaired) electrons. The predicted octanol–water partition coefficient (Wildman–Crippen LogP) is 5.80. The Morgan fingerprint density at radius 2 is 1.90 bits per heavy atom. The van der Waals surface area contributed by atoms with E-state index >= 15 is 0 Å². The highest BCUT2D eigenvalue weighted by molar-refractivity contribution is 6.32. The van der Waals surface area contributed by atoms with Crippen LogP contribution in [-0.2, 0) is 4.79 Å². The highest BCUT2D eigenvalue weighted by Gasteiger charge is 2.37. The maximum Gasteiger partial charge on any atom is 0.303 e. The van der Waals surface area contributed by atoms with Gasteiger partial charge in [-0.25, -0.2) is 13.2 Å². The maximum absolute atomic E-state index is 13.9. The van der Waals surface area contributed by atoms with E-state index in [-0.39, 0.29) is 18.7 Å². The van der Waals surface area contributed by atoms with Crippen LogP contribution in [-0.4, -0.2) is 59.4 Å². The summed E-state index contributed by atoms with van der Waals surface area (Å²) in [7, 11) is 1.55. The number of benzene rings is 2. The Morgan fingerprint density at radius 1 is 1.21 bits per heavy atom. The van der Waals surface area contributed by atoms with Gasteiger partial charge in [-0.2, -0.15) is 0 Å². The summed E-state index contributed by atoms with van der Waals surface area (Å²) in [4.78, 5) is 18.2. The molecule has 0 aliphatic carbocycles. The Morgan fingerprint density at radius 3 is 2.54 bits per heavy atom. The molecule has 0 amide bonds. The zero-order chi connectivity index (χ0) is 28.2. The van der Waals surface area contributed by atoms with E-state index < -0.39 is 34.9 Å². The second-order valence-electron chi connectivity index (χ2n) is 10.0. The number of carboxylic acids is 1. The van der Waals surface area contributed by atoms with E-state index in [1.807, 2.05) is 0 Å². The predicted molar refractivity (Wildman–Crippen MR) is 143 cm³/mol. The molecule has 2 heterocycles. The van der Waals surface area contributed by atoms with Crippen LogP contribution in [0.3, 0.4) is 0 Å². The maximum atomic E-state index is 13.9. The molecule has 0 bridgehead atoms. The number of carbonyl (C=O) groups is 1. The fraction of sp³-hybridized carbons (Fsp3) is 0.429. The zero-order valence-electron chi connectivity index (χ0n) is 21.5. The monoisotopic (exact) mass is 565 g/mol. The average Bonchev–Trinajstić information content (AvgIpc) is 2.89. The van der Waals surface area contributed by atoms with Crippen LogP contribution in [0.1, 0.15) is 43.8 Å². The minimum Gasteiger partial charge on any atom is -0.497 e. The lowest BCUT2D eigenvalue weighted by atomic mass is 9.71. The molecule has 39 heavy (non-hydrogen) atoms. The number of nitrogens with zero attached hydrogens (tertiary/aromatic N) is 2. The number of ether oxygens (including phenoxy) is 1. The van der Waals surface area contributed by atoms with E-state index in [1.165, 1.54) is 6.20 Å². The Kier molecular flexibility index (Phi) is 9.19. The third-order valence-electron chi connectivity index (χ3n) is 7.53. The molecule has 3 N–H and O–H groups in total. The molecule has 1 atom stereocenters. The van der Waals surface area contributed by atoms with Crippen molar-refractivity contribution in [2.75, 3.05) is 38.6 Å². The van der Waals surface area contributed by atoms with Crippen molar-refractivity contribution in [1.82, 2.24) is 9.88 Å². The number of aliphatic hydroxyl groups is 1. The van der Waals surface area contributed by atoms with Crippen molar-refractivity contribution in [3.8, 4) is 5.75 Å². The third-order valence-corrected chi connectivity index (χ3v) is 7.83.